The fourth-order valence-corrected chi connectivity index (χ4v) is 3.41. The van der Waals surface area contributed by atoms with Gasteiger partial charge in [-0.15, -0.1) is 0 Å². The van der Waals surface area contributed by atoms with E-state index in [-0.39, 0.29) is 0 Å². The fourth-order valence-electron chi connectivity index (χ4n) is 3.41. The molecule has 0 aromatic carbocycles. The number of aryl methyl sites for hydroxylation is 1. The van der Waals surface area contributed by atoms with Crippen molar-refractivity contribution in [1.82, 2.24) is 20.0 Å². The first-order chi connectivity index (χ1) is 11.8. The summed E-state index contributed by atoms with van der Waals surface area (Å²) in [6.07, 6.45) is 10.5. The molecule has 4 rings (SSSR count). The molecule has 24 heavy (non-hydrogen) atoms. The van der Waals surface area contributed by atoms with Crippen LogP contribution in [0.3, 0.4) is 0 Å². The number of rotatable bonds is 6. The lowest BCUT2D eigenvalue weighted by molar-refractivity contribution is -0.132. The third-order valence-electron chi connectivity index (χ3n) is 4.95. The Balaban J connectivity index is 1.34. The molecule has 1 saturated heterocycles. The van der Waals surface area contributed by atoms with Gasteiger partial charge in [-0.1, -0.05) is 5.16 Å². The van der Waals surface area contributed by atoms with E-state index < -0.39 is 0 Å². The first-order valence-corrected chi connectivity index (χ1v) is 8.82. The van der Waals surface area contributed by atoms with Gasteiger partial charge in [-0.05, 0) is 50.2 Å². The summed E-state index contributed by atoms with van der Waals surface area (Å²) >= 11 is 0. The lowest BCUT2D eigenvalue weighted by Crippen LogP contribution is -2.36. The topological polar surface area (TPSA) is 72.1 Å². The lowest BCUT2D eigenvalue weighted by Gasteiger charge is -2.24. The maximum Gasteiger partial charge on any atom is 0.258 e. The van der Waals surface area contributed by atoms with Crippen LogP contribution in [0.15, 0.2) is 29.0 Å². The van der Waals surface area contributed by atoms with Crippen LogP contribution in [-0.4, -0.2) is 38.5 Å². The second-order valence-corrected chi connectivity index (χ2v) is 6.82. The average molecular weight is 326 g/mol. The first kappa shape index (κ1) is 15.3. The molecule has 0 N–H and O–H groups in total. The predicted molar refractivity (Wildman–Crippen MR) is 87.9 cm³/mol. The molecule has 126 valence electrons. The molecular formula is C18H22N4O2. The molecule has 2 aromatic rings. The van der Waals surface area contributed by atoms with E-state index in [1.807, 2.05) is 12.1 Å². The summed E-state index contributed by atoms with van der Waals surface area (Å²) in [4.78, 5) is 22.9. The van der Waals surface area contributed by atoms with Gasteiger partial charge in [0.25, 0.3) is 5.89 Å². The van der Waals surface area contributed by atoms with Crippen molar-refractivity contribution >= 4 is 5.91 Å². The summed E-state index contributed by atoms with van der Waals surface area (Å²) < 4.78 is 5.33. The highest BCUT2D eigenvalue weighted by Crippen LogP contribution is 2.34. The third kappa shape index (κ3) is 3.47. The third-order valence-corrected chi connectivity index (χ3v) is 4.95. The Morgan fingerprint density at radius 3 is 2.88 bits per heavy atom. The predicted octanol–water partition coefficient (Wildman–Crippen LogP) is 2.86. The number of carbonyl (C=O) groups is 1. The fraction of sp³-hybridized carbons (Fsp3) is 0.556. The minimum absolute atomic E-state index is 0.333. The van der Waals surface area contributed by atoms with Crippen LogP contribution in [-0.2, 0) is 11.2 Å². The highest BCUT2D eigenvalue weighted by Gasteiger charge is 2.32. The van der Waals surface area contributed by atoms with E-state index in [1.54, 1.807) is 12.4 Å². The normalized spacial score (nSPS) is 20.5. The summed E-state index contributed by atoms with van der Waals surface area (Å²) in [5, 5.41) is 4.07. The van der Waals surface area contributed by atoms with Crippen molar-refractivity contribution in [3.63, 3.8) is 0 Å². The molecule has 1 aliphatic carbocycles. The molecule has 1 unspecified atom stereocenters. The van der Waals surface area contributed by atoms with E-state index in [2.05, 4.69) is 20.0 Å². The maximum absolute atomic E-state index is 12.4. The minimum atomic E-state index is 0.333. The molecule has 0 bridgehead atoms. The zero-order chi connectivity index (χ0) is 16.4. The maximum atomic E-state index is 12.4. The van der Waals surface area contributed by atoms with Gasteiger partial charge in [0.15, 0.2) is 5.82 Å². The minimum Gasteiger partial charge on any atom is -0.340 e. The smallest absolute Gasteiger partial charge is 0.258 e. The van der Waals surface area contributed by atoms with Crippen LogP contribution in [0, 0.1) is 5.92 Å². The molecule has 1 atom stereocenters. The van der Waals surface area contributed by atoms with E-state index in [9.17, 15) is 4.79 Å². The summed E-state index contributed by atoms with van der Waals surface area (Å²) in [7, 11) is 0. The molecule has 0 radical (unpaired) electrons. The van der Waals surface area contributed by atoms with Gasteiger partial charge in [0.05, 0.1) is 0 Å². The second kappa shape index (κ2) is 6.71. The van der Waals surface area contributed by atoms with E-state index in [0.29, 0.717) is 29.6 Å². The molecule has 1 saturated carbocycles. The number of pyridine rings is 1. The molecule has 0 spiro atoms. The standard InChI is InChI=1S/C18H22N4O2/c23-17(12-13-3-4-13)22-11-1-2-15(22)5-6-16-20-18(24-21-16)14-7-9-19-10-8-14/h7-10,13,15H,1-6,11-12H2. The van der Waals surface area contributed by atoms with Gasteiger partial charge in [-0.3, -0.25) is 9.78 Å². The van der Waals surface area contributed by atoms with Crippen LogP contribution in [0.5, 0.6) is 0 Å². The summed E-state index contributed by atoms with van der Waals surface area (Å²) in [5.41, 5.74) is 0.880. The number of nitrogens with zero attached hydrogens (tertiary/aromatic N) is 4. The molecule has 2 fully saturated rings. The van der Waals surface area contributed by atoms with Crippen molar-refractivity contribution in [3.05, 3.63) is 30.4 Å². The van der Waals surface area contributed by atoms with Crippen LogP contribution in [0.2, 0.25) is 0 Å². The molecule has 3 heterocycles. The second-order valence-electron chi connectivity index (χ2n) is 6.82. The van der Waals surface area contributed by atoms with Crippen molar-refractivity contribution in [2.75, 3.05) is 6.54 Å². The molecule has 2 aliphatic rings. The number of likely N-dealkylation sites (tertiary alicyclic amines) is 1. The monoisotopic (exact) mass is 326 g/mol. The zero-order valence-electron chi connectivity index (χ0n) is 13.7. The van der Waals surface area contributed by atoms with Gasteiger partial charge in [0.1, 0.15) is 0 Å². The summed E-state index contributed by atoms with van der Waals surface area (Å²) in [6.45, 7) is 0.907. The van der Waals surface area contributed by atoms with Crippen LogP contribution in [0.1, 0.15) is 44.3 Å². The molecular weight excluding hydrogens is 304 g/mol. The molecule has 1 amide bonds. The van der Waals surface area contributed by atoms with Crippen molar-refractivity contribution in [1.29, 1.82) is 0 Å². The number of aromatic nitrogens is 3. The molecule has 6 heteroatoms. The highest BCUT2D eigenvalue weighted by molar-refractivity contribution is 5.77. The van der Waals surface area contributed by atoms with Gasteiger partial charge in [-0.25, -0.2) is 0 Å². The Kier molecular flexibility index (Phi) is 4.28. The number of carbonyl (C=O) groups excluding carboxylic acids is 1. The Bertz CT molecular complexity index is 696. The molecule has 6 nitrogen and oxygen atoms in total. The van der Waals surface area contributed by atoms with E-state index in [1.165, 1.54) is 12.8 Å². The average Bonchev–Trinajstić information content (AvgIpc) is 3.12. The molecule has 1 aliphatic heterocycles. The van der Waals surface area contributed by atoms with Gasteiger partial charge in [0.2, 0.25) is 5.91 Å². The first-order valence-electron chi connectivity index (χ1n) is 8.82. The Morgan fingerprint density at radius 2 is 2.08 bits per heavy atom. The SMILES string of the molecule is O=C(CC1CC1)N1CCCC1CCc1noc(-c2ccncc2)n1. The van der Waals surface area contributed by atoms with Crippen LogP contribution >= 0.6 is 0 Å². The van der Waals surface area contributed by atoms with Crippen LogP contribution in [0.4, 0.5) is 0 Å². The quantitative estimate of drug-likeness (QED) is 0.816. The largest absolute Gasteiger partial charge is 0.340 e. The van der Waals surface area contributed by atoms with Gasteiger partial charge in [0, 0.05) is 43.4 Å². The van der Waals surface area contributed by atoms with Gasteiger partial charge >= 0.3 is 0 Å². The highest BCUT2D eigenvalue weighted by atomic mass is 16.5. The van der Waals surface area contributed by atoms with Gasteiger partial charge in [-0.2, -0.15) is 4.98 Å². The van der Waals surface area contributed by atoms with Crippen LogP contribution in [0.25, 0.3) is 11.5 Å². The lowest BCUT2D eigenvalue weighted by atomic mass is 10.1. The van der Waals surface area contributed by atoms with Crippen molar-refractivity contribution in [2.24, 2.45) is 5.92 Å². The number of hydrogen-bond acceptors (Lipinski definition) is 5. The molecule has 2 aromatic heterocycles. The van der Waals surface area contributed by atoms with Crippen molar-refractivity contribution in [3.8, 4) is 11.5 Å². The van der Waals surface area contributed by atoms with Gasteiger partial charge < -0.3 is 9.42 Å². The Labute approximate surface area is 141 Å². The van der Waals surface area contributed by atoms with E-state index in [4.69, 9.17) is 4.52 Å². The summed E-state index contributed by atoms with van der Waals surface area (Å²) in [5.74, 6) is 2.23. The zero-order valence-corrected chi connectivity index (χ0v) is 13.7. The number of hydrogen-bond donors (Lipinski definition) is 0. The number of amides is 1. The Morgan fingerprint density at radius 1 is 1.25 bits per heavy atom. The summed E-state index contributed by atoms with van der Waals surface area (Å²) in [6, 6.07) is 4.04. The van der Waals surface area contributed by atoms with Crippen LogP contribution < -0.4 is 0 Å². The van der Waals surface area contributed by atoms with Crippen molar-refractivity contribution < 1.29 is 9.32 Å². The van der Waals surface area contributed by atoms with Crippen molar-refractivity contribution in [2.45, 2.75) is 51.0 Å². The Hall–Kier alpha value is -2.24. The van der Waals surface area contributed by atoms with E-state index >= 15 is 0 Å². The van der Waals surface area contributed by atoms with E-state index in [0.717, 1.165) is 44.2 Å².